The minimum Gasteiger partial charge on any atom is -0.459 e. The largest absolute Gasteiger partial charge is 0.459 e. The van der Waals surface area contributed by atoms with Gasteiger partial charge in [-0.1, -0.05) is 91.0 Å². The van der Waals surface area contributed by atoms with Gasteiger partial charge in [-0.2, -0.15) is 0 Å². The Hall–Kier alpha value is -4.86. The first-order chi connectivity index (χ1) is 21.1. The standard InChI is InChI=1S/C34H41N3O7/c1-34(2,3)44-32(40)35-21-13-20-28(37-33(41)43-24-27-18-11-6-12-19-27)30(38)36-29(22-25-14-7-4-8-15-25)31(39)42-23-26-16-9-5-10-17-26/h4-12,14-19,28-29H,13,20-24H2,1-3H3,(H,35,40)(H,36,38)(H,37,41)/t28-,29-/m0/s1. The van der Waals surface area contributed by atoms with Crippen molar-refractivity contribution in [1.82, 2.24) is 16.0 Å². The number of esters is 1. The number of ether oxygens (including phenoxy) is 3. The molecule has 3 aromatic rings. The summed E-state index contributed by atoms with van der Waals surface area (Å²) in [6, 6.07) is 25.5. The Morgan fingerprint density at radius 2 is 1.18 bits per heavy atom. The molecule has 0 aliphatic carbocycles. The third-order valence-corrected chi connectivity index (χ3v) is 6.27. The lowest BCUT2D eigenvalue weighted by Gasteiger charge is -2.23. The highest BCUT2D eigenvalue weighted by molar-refractivity contribution is 5.89. The summed E-state index contributed by atoms with van der Waals surface area (Å²) in [5, 5.41) is 8.02. The fourth-order valence-corrected chi connectivity index (χ4v) is 4.13. The van der Waals surface area contributed by atoms with Crippen molar-refractivity contribution in [3.8, 4) is 0 Å². The number of carbonyl (C=O) groups is 4. The van der Waals surface area contributed by atoms with Crippen LogP contribution in [-0.4, -0.2) is 48.3 Å². The van der Waals surface area contributed by atoms with Crippen molar-refractivity contribution in [2.24, 2.45) is 0 Å². The zero-order valence-corrected chi connectivity index (χ0v) is 25.4. The van der Waals surface area contributed by atoms with Crippen LogP contribution in [0.15, 0.2) is 91.0 Å². The van der Waals surface area contributed by atoms with Gasteiger partial charge >= 0.3 is 18.2 Å². The molecule has 3 amide bonds. The topological polar surface area (TPSA) is 132 Å². The molecule has 234 valence electrons. The number of nitrogens with one attached hydrogen (secondary N) is 3. The Morgan fingerprint density at radius 3 is 1.73 bits per heavy atom. The molecule has 0 spiro atoms. The summed E-state index contributed by atoms with van der Waals surface area (Å²) in [5.74, 6) is -1.19. The zero-order valence-electron chi connectivity index (χ0n) is 25.4. The van der Waals surface area contributed by atoms with Gasteiger partial charge in [0.1, 0.15) is 30.9 Å². The van der Waals surface area contributed by atoms with E-state index in [1.807, 2.05) is 91.0 Å². The van der Waals surface area contributed by atoms with Crippen LogP contribution in [0.2, 0.25) is 0 Å². The van der Waals surface area contributed by atoms with Gasteiger partial charge in [0.2, 0.25) is 5.91 Å². The van der Waals surface area contributed by atoms with Crippen molar-refractivity contribution in [3.63, 3.8) is 0 Å². The molecule has 10 heteroatoms. The van der Waals surface area contributed by atoms with Gasteiger partial charge in [0.25, 0.3) is 0 Å². The van der Waals surface area contributed by atoms with Crippen molar-refractivity contribution in [1.29, 1.82) is 0 Å². The van der Waals surface area contributed by atoms with Gasteiger partial charge in [-0.05, 0) is 50.3 Å². The van der Waals surface area contributed by atoms with Crippen LogP contribution < -0.4 is 16.0 Å². The quantitative estimate of drug-likeness (QED) is 0.133. The number of hydrogen-bond donors (Lipinski definition) is 3. The average molecular weight is 604 g/mol. The Labute approximate surface area is 258 Å². The summed E-state index contributed by atoms with van der Waals surface area (Å²) in [4.78, 5) is 51.5. The molecule has 0 heterocycles. The molecule has 0 bridgehead atoms. The minimum absolute atomic E-state index is 0.0175. The van der Waals surface area contributed by atoms with Crippen molar-refractivity contribution in [3.05, 3.63) is 108 Å². The Morgan fingerprint density at radius 1 is 0.659 bits per heavy atom. The molecular weight excluding hydrogens is 562 g/mol. The van der Waals surface area contributed by atoms with Gasteiger partial charge in [-0.15, -0.1) is 0 Å². The smallest absolute Gasteiger partial charge is 0.408 e. The second kappa shape index (κ2) is 17.3. The van der Waals surface area contributed by atoms with E-state index < -0.39 is 41.7 Å². The highest BCUT2D eigenvalue weighted by Crippen LogP contribution is 2.10. The molecule has 0 aliphatic heterocycles. The molecule has 0 fully saturated rings. The van der Waals surface area contributed by atoms with E-state index in [1.165, 1.54) is 0 Å². The minimum atomic E-state index is -1.06. The fourth-order valence-electron chi connectivity index (χ4n) is 4.13. The van der Waals surface area contributed by atoms with Crippen LogP contribution >= 0.6 is 0 Å². The zero-order chi connectivity index (χ0) is 31.8. The molecule has 0 saturated carbocycles. The molecule has 0 radical (unpaired) electrons. The monoisotopic (exact) mass is 603 g/mol. The van der Waals surface area contributed by atoms with Gasteiger partial charge in [-0.25, -0.2) is 14.4 Å². The summed E-state index contributed by atoms with van der Waals surface area (Å²) >= 11 is 0. The highest BCUT2D eigenvalue weighted by atomic mass is 16.6. The van der Waals surface area contributed by atoms with Gasteiger partial charge in [-0.3, -0.25) is 4.79 Å². The molecule has 0 aromatic heterocycles. The first-order valence-electron chi connectivity index (χ1n) is 14.6. The summed E-state index contributed by atoms with van der Waals surface area (Å²) in [7, 11) is 0. The highest BCUT2D eigenvalue weighted by Gasteiger charge is 2.28. The third-order valence-electron chi connectivity index (χ3n) is 6.27. The van der Waals surface area contributed by atoms with Gasteiger partial charge in [0.05, 0.1) is 0 Å². The van der Waals surface area contributed by atoms with Crippen LogP contribution in [0.1, 0.15) is 50.3 Å². The summed E-state index contributed by atoms with van der Waals surface area (Å²) in [5.41, 5.74) is 1.76. The van der Waals surface area contributed by atoms with Crippen LogP contribution in [0.4, 0.5) is 9.59 Å². The van der Waals surface area contributed by atoms with Crippen LogP contribution in [0.25, 0.3) is 0 Å². The first-order valence-corrected chi connectivity index (χ1v) is 14.6. The van der Waals surface area contributed by atoms with Crippen LogP contribution in [0, 0.1) is 0 Å². The van der Waals surface area contributed by atoms with Gasteiger partial charge in [0, 0.05) is 13.0 Å². The molecule has 3 rings (SSSR count). The number of benzene rings is 3. The summed E-state index contributed by atoms with van der Waals surface area (Å²) in [6.45, 7) is 5.54. The molecule has 2 atom stereocenters. The van der Waals surface area contributed by atoms with Gasteiger partial charge in [0.15, 0.2) is 0 Å². The SMILES string of the molecule is CC(C)(C)OC(=O)NCCC[C@H](NC(=O)OCc1ccccc1)C(=O)N[C@@H](Cc1ccccc1)C(=O)OCc1ccccc1. The molecule has 10 nitrogen and oxygen atoms in total. The fraction of sp³-hybridized carbons (Fsp3) is 0.353. The molecule has 3 aromatic carbocycles. The van der Waals surface area contributed by atoms with E-state index in [0.29, 0.717) is 6.42 Å². The maximum Gasteiger partial charge on any atom is 0.408 e. The molecule has 0 saturated heterocycles. The predicted molar refractivity (Wildman–Crippen MR) is 165 cm³/mol. The maximum absolute atomic E-state index is 13.5. The van der Waals surface area contributed by atoms with Crippen LogP contribution in [0.5, 0.6) is 0 Å². The Kier molecular flexibility index (Phi) is 13.2. The molecule has 0 unspecified atom stereocenters. The van der Waals surface area contributed by atoms with Gasteiger partial charge < -0.3 is 30.2 Å². The normalized spacial score (nSPS) is 12.2. The predicted octanol–water partition coefficient (Wildman–Crippen LogP) is 5.06. The van der Waals surface area contributed by atoms with Crippen molar-refractivity contribution in [2.75, 3.05) is 6.54 Å². The lowest BCUT2D eigenvalue weighted by Crippen LogP contribution is -2.52. The lowest BCUT2D eigenvalue weighted by atomic mass is 10.0. The summed E-state index contributed by atoms with van der Waals surface area (Å²) in [6.07, 6.45) is -0.707. The number of alkyl carbamates (subject to hydrolysis) is 2. The number of carbonyl (C=O) groups excluding carboxylic acids is 4. The Bertz CT molecular complexity index is 1330. The number of amides is 3. The average Bonchev–Trinajstić information content (AvgIpc) is 3.00. The van der Waals surface area contributed by atoms with Crippen molar-refractivity contribution >= 4 is 24.1 Å². The van der Waals surface area contributed by atoms with E-state index in [1.54, 1.807) is 20.8 Å². The first kappa shape index (κ1) is 33.6. The van der Waals surface area contributed by atoms with Crippen molar-refractivity contribution < 1.29 is 33.4 Å². The molecule has 3 N–H and O–H groups in total. The lowest BCUT2D eigenvalue weighted by molar-refractivity contribution is -0.149. The molecule has 0 aliphatic rings. The van der Waals surface area contributed by atoms with Crippen LogP contribution in [-0.2, 0) is 43.4 Å². The third kappa shape index (κ3) is 13.0. The van der Waals surface area contributed by atoms with E-state index in [0.717, 1.165) is 16.7 Å². The van der Waals surface area contributed by atoms with E-state index in [9.17, 15) is 19.2 Å². The molecular formula is C34H41N3O7. The summed E-state index contributed by atoms with van der Waals surface area (Å²) < 4.78 is 16.1. The van der Waals surface area contributed by atoms with E-state index in [2.05, 4.69) is 16.0 Å². The van der Waals surface area contributed by atoms with E-state index in [-0.39, 0.29) is 32.6 Å². The second-order valence-electron chi connectivity index (χ2n) is 11.2. The van der Waals surface area contributed by atoms with Crippen LogP contribution in [0.3, 0.4) is 0 Å². The number of rotatable bonds is 14. The number of hydrogen-bond acceptors (Lipinski definition) is 7. The maximum atomic E-state index is 13.5. The second-order valence-corrected chi connectivity index (χ2v) is 11.2. The molecule has 44 heavy (non-hydrogen) atoms. The van der Waals surface area contributed by atoms with Crippen molar-refractivity contribution in [2.45, 2.75) is 70.9 Å². The van der Waals surface area contributed by atoms with E-state index >= 15 is 0 Å². The Balaban J connectivity index is 1.68. The van der Waals surface area contributed by atoms with E-state index in [4.69, 9.17) is 14.2 Å².